The smallest absolute Gasteiger partial charge is 0.416 e. The molecule has 0 aromatic carbocycles. The first-order chi connectivity index (χ1) is 5.75. The molecule has 2 N–H and O–H groups in total. The van der Waals surface area contributed by atoms with Crippen LogP contribution in [0.3, 0.4) is 0 Å². The maximum atomic E-state index is 11.6. The first-order valence-electron chi connectivity index (χ1n) is 3.34. The van der Waals surface area contributed by atoms with E-state index in [1.165, 1.54) is 0 Å². The first-order valence-corrected chi connectivity index (χ1v) is 3.34. The summed E-state index contributed by atoms with van der Waals surface area (Å²) < 4.78 is 39.1. The van der Waals surface area contributed by atoms with Crippen LogP contribution < -0.4 is 0 Å². The number of aliphatic carboxylic acids is 1. The molecule has 0 aliphatic carbocycles. The zero-order valence-corrected chi connectivity index (χ0v) is 6.71. The molecule has 0 saturated heterocycles. The van der Waals surface area contributed by atoms with Gasteiger partial charge in [-0.25, -0.2) is 4.79 Å². The van der Waals surface area contributed by atoms with E-state index < -0.39 is 31.0 Å². The van der Waals surface area contributed by atoms with Crippen molar-refractivity contribution in [2.24, 2.45) is 0 Å². The summed E-state index contributed by atoms with van der Waals surface area (Å²) in [6.45, 7) is 0.00238. The molecule has 13 heavy (non-hydrogen) atoms. The fraction of sp³-hybridized carbons (Fsp3) is 0.833. The number of carboxylic acids is 1. The molecule has 4 nitrogen and oxygen atoms in total. The summed E-state index contributed by atoms with van der Waals surface area (Å²) in [5.74, 6) is -1.38. The molecule has 0 aromatic heterocycles. The minimum absolute atomic E-state index is 1.07. The van der Waals surface area contributed by atoms with Gasteiger partial charge in [-0.15, -0.1) is 0 Å². The number of carboxylic acid groups (broad SMARTS) is 1. The Bertz CT molecular complexity index is 179. The topological polar surface area (TPSA) is 66.8 Å². The van der Waals surface area contributed by atoms with E-state index in [0.29, 0.717) is 0 Å². The number of hydrogen-bond donors (Lipinski definition) is 2. The van der Waals surface area contributed by atoms with E-state index in [9.17, 15) is 18.0 Å². The quantitative estimate of drug-likeness (QED) is 0.692. The molecule has 0 fully saturated rings. The van der Waals surface area contributed by atoms with E-state index in [0.717, 1.165) is 6.92 Å². The number of carbonyl (C=O) groups is 1. The zero-order valence-electron chi connectivity index (χ0n) is 6.71. The maximum Gasteiger partial charge on any atom is 0.416 e. The van der Waals surface area contributed by atoms with Crippen molar-refractivity contribution in [2.45, 2.75) is 25.3 Å². The molecule has 0 radical (unpaired) electrons. The minimum atomic E-state index is -4.78. The molecule has 2 unspecified atom stereocenters. The predicted molar refractivity (Wildman–Crippen MR) is 35.1 cm³/mol. The van der Waals surface area contributed by atoms with Gasteiger partial charge >= 0.3 is 12.1 Å². The second-order valence-corrected chi connectivity index (χ2v) is 2.37. The summed E-state index contributed by atoms with van der Waals surface area (Å²) in [6, 6.07) is 0. The van der Waals surface area contributed by atoms with Crippen LogP contribution in [-0.4, -0.2) is 41.2 Å². The second kappa shape index (κ2) is 4.43. The van der Waals surface area contributed by atoms with Crippen LogP contribution in [0.1, 0.15) is 6.92 Å². The van der Waals surface area contributed by atoms with Crippen molar-refractivity contribution in [1.82, 2.24) is 0 Å². The number of hydrogen-bond acceptors (Lipinski definition) is 3. The third-order valence-corrected chi connectivity index (χ3v) is 1.23. The number of alkyl halides is 3. The zero-order chi connectivity index (χ0) is 10.6. The van der Waals surface area contributed by atoms with Gasteiger partial charge in [0, 0.05) is 0 Å². The normalized spacial score (nSPS) is 16.7. The molecule has 78 valence electrons. The third kappa shape index (κ3) is 4.69. The van der Waals surface area contributed by atoms with Crippen molar-refractivity contribution in [3.8, 4) is 0 Å². The lowest BCUT2D eigenvalue weighted by Crippen LogP contribution is -2.35. The van der Waals surface area contributed by atoms with Crippen molar-refractivity contribution < 1.29 is 32.9 Å². The summed E-state index contributed by atoms with van der Waals surface area (Å²) in [5.41, 5.74) is 0. The van der Waals surface area contributed by atoms with Crippen LogP contribution in [0.25, 0.3) is 0 Å². The molecule has 0 bridgehead atoms. The number of ether oxygens (including phenoxy) is 1. The fourth-order valence-electron chi connectivity index (χ4n) is 0.401. The number of halogens is 3. The summed E-state index contributed by atoms with van der Waals surface area (Å²) >= 11 is 0. The molecule has 0 amide bonds. The highest BCUT2D eigenvalue weighted by molar-refractivity contribution is 5.71. The van der Waals surface area contributed by atoms with Crippen molar-refractivity contribution >= 4 is 5.97 Å². The molecule has 0 aliphatic heterocycles. The van der Waals surface area contributed by atoms with Gasteiger partial charge in [0.1, 0.15) is 0 Å². The van der Waals surface area contributed by atoms with Gasteiger partial charge in [-0.2, -0.15) is 13.2 Å². The van der Waals surface area contributed by atoms with Crippen LogP contribution in [0.15, 0.2) is 0 Å². The van der Waals surface area contributed by atoms with Crippen LogP contribution >= 0.6 is 0 Å². The van der Waals surface area contributed by atoms with E-state index in [4.69, 9.17) is 10.2 Å². The van der Waals surface area contributed by atoms with Crippen LogP contribution in [0.2, 0.25) is 0 Å². The van der Waals surface area contributed by atoms with Gasteiger partial charge in [-0.1, -0.05) is 0 Å². The van der Waals surface area contributed by atoms with E-state index >= 15 is 0 Å². The van der Waals surface area contributed by atoms with Gasteiger partial charge in [0.2, 0.25) is 0 Å². The van der Waals surface area contributed by atoms with Gasteiger partial charge in [-0.05, 0) is 6.92 Å². The Morgan fingerprint density at radius 1 is 1.54 bits per heavy atom. The van der Waals surface area contributed by atoms with E-state index in [1.807, 2.05) is 0 Å². The second-order valence-electron chi connectivity index (χ2n) is 2.37. The Morgan fingerprint density at radius 2 is 2.00 bits per heavy atom. The number of aliphatic hydroxyl groups excluding tert-OH is 1. The van der Waals surface area contributed by atoms with Gasteiger partial charge in [0.05, 0.1) is 6.61 Å². The highest BCUT2D eigenvalue weighted by Gasteiger charge is 2.38. The monoisotopic (exact) mass is 202 g/mol. The number of rotatable bonds is 4. The Labute approximate surface area is 71.9 Å². The lowest BCUT2D eigenvalue weighted by atomic mass is 10.3. The van der Waals surface area contributed by atoms with Crippen LogP contribution in [0.4, 0.5) is 13.2 Å². The molecular weight excluding hydrogens is 193 g/mol. The predicted octanol–water partition coefficient (Wildman–Crippen LogP) is 0.399. The first kappa shape index (κ1) is 12.2. The molecular formula is C6H9F3O4. The molecule has 0 spiro atoms. The van der Waals surface area contributed by atoms with E-state index in [2.05, 4.69) is 4.74 Å². The van der Waals surface area contributed by atoms with Crippen LogP contribution in [0, 0.1) is 0 Å². The van der Waals surface area contributed by atoms with Crippen molar-refractivity contribution in [3.63, 3.8) is 0 Å². The minimum Gasteiger partial charge on any atom is -0.479 e. The maximum absolute atomic E-state index is 11.6. The Hall–Kier alpha value is -0.820. The molecule has 2 atom stereocenters. The van der Waals surface area contributed by atoms with Crippen molar-refractivity contribution in [3.05, 3.63) is 0 Å². The van der Waals surface area contributed by atoms with Crippen molar-refractivity contribution in [1.29, 1.82) is 0 Å². The fourth-order valence-corrected chi connectivity index (χ4v) is 0.401. The van der Waals surface area contributed by atoms with Crippen LogP contribution in [0.5, 0.6) is 0 Å². The van der Waals surface area contributed by atoms with E-state index in [1.54, 1.807) is 0 Å². The summed E-state index contributed by atoms with van der Waals surface area (Å²) in [5, 5.41) is 16.6. The molecule has 7 heteroatoms. The van der Waals surface area contributed by atoms with Crippen LogP contribution in [-0.2, 0) is 9.53 Å². The standard InChI is InChI=1S/C6H9F3O4/c1-3(5(11)12)13-2-4(10)6(7,8)9/h3-4,10H,2H2,1H3,(H,11,12). The van der Waals surface area contributed by atoms with Gasteiger partial charge < -0.3 is 14.9 Å². The van der Waals surface area contributed by atoms with Crippen molar-refractivity contribution in [2.75, 3.05) is 6.61 Å². The lowest BCUT2D eigenvalue weighted by molar-refractivity contribution is -0.221. The Kier molecular flexibility index (Phi) is 4.15. The molecule has 0 aromatic rings. The molecule has 0 aliphatic rings. The molecule has 0 saturated carbocycles. The number of aliphatic hydroxyl groups is 1. The largest absolute Gasteiger partial charge is 0.479 e. The average Bonchev–Trinajstić information content (AvgIpc) is 1.97. The highest BCUT2D eigenvalue weighted by atomic mass is 19.4. The summed E-state index contributed by atoms with van der Waals surface area (Å²) in [6.07, 6.45) is -8.79. The van der Waals surface area contributed by atoms with E-state index in [-0.39, 0.29) is 0 Å². The SMILES string of the molecule is CC(OCC(O)C(F)(F)F)C(=O)O. The lowest BCUT2D eigenvalue weighted by Gasteiger charge is -2.15. The molecule has 0 heterocycles. The van der Waals surface area contributed by atoms with Gasteiger partial charge in [0.25, 0.3) is 0 Å². The third-order valence-electron chi connectivity index (χ3n) is 1.23. The Morgan fingerprint density at radius 3 is 2.31 bits per heavy atom. The summed E-state index contributed by atoms with van der Waals surface area (Å²) in [4.78, 5) is 10.1. The Balaban J connectivity index is 3.83. The summed E-state index contributed by atoms with van der Waals surface area (Å²) in [7, 11) is 0. The average molecular weight is 202 g/mol. The molecule has 0 rings (SSSR count). The van der Waals surface area contributed by atoms with Gasteiger partial charge in [-0.3, -0.25) is 0 Å². The highest BCUT2D eigenvalue weighted by Crippen LogP contribution is 2.20. The van der Waals surface area contributed by atoms with Gasteiger partial charge in [0.15, 0.2) is 12.2 Å².